The van der Waals surface area contributed by atoms with E-state index in [1.807, 2.05) is 0 Å². The Labute approximate surface area is 87.6 Å². The number of hydrogen-bond acceptors (Lipinski definition) is 4. The summed E-state index contributed by atoms with van der Waals surface area (Å²) in [5.74, 6) is -0.651. The zero-order valence-corrected chi connectivity index (χ0v) is 8.56. The van der Waals surface area contributed by atoms with Crippen molar-refractivity contribution in [1.82, 2.24) is 10.2 Å². The van der Waals surface area contributed by atoms with Crippen LogP contribution in [0.15, 0.2) is 0 Å². The molecule has 0 aromatic carbocycles. The second kappa shape index (κ2) is 5.33. The average Bonchev–Trinajstić information content (AvgIpc) is 2.73. The van der Waals surface area contributed by atoms with E-state index >= 15 is 0 Å². The molecule has 84 valence electrons. The van der Waals surface area contributed by atoms with Gasteiger partial charge in [-0.1, -0.05) is 0 Å². The summed E-state index contributed by atoms with van der Waals surface area (Å²) in [5, 5.41) is 2.28. The molecule has 1 heterocycles. The van der Waals surface area contributed by atoms with Crippen molar-refractivity contribution in [2.75, 3.05) is 20.2 Å². The summed E-state index contributed by atoms with van der Waals surface area (Å²) in [7, 11) is 1.30. The molecule has 1 saturated heterocycles. The molecule has 1 atom stereocenters. The van der Waals surface area contributed by atoms with Gasteiger partial charge in [0, 0.05) is 6.54 Å². The van der Waals surface area contributed by atoms with Gasteiger partial charge in [-0.25, -0.2) is 4.79 Å². The summed E-state index contributed by atoms with van der Waals surface area (Å²) in [6.45, 7) is 0.468. The zero-order chi connectivity index (χ0) is 11.3. The summed E-state index contributed by atoms with van der Waals surface area (Å²) >= 11 is 0. The summed E-state index contributed by atoms with van der Waals surface area (Å²) in [4.78, 5) is 34.3. The molecule has 0 radical (unpaired) electrons. The van der Waals surface area contributed by atoms with Crippen molar-refractivity contribution in [3.8, 4) is 0 Å². The Balaban J connectivity index is 2.55. The van der Waals surface area contributed by atoms with Gasteiger partial charge in [-0.15, -0.1) is 0 Å². The van der Waals surface area contributed by atoms with Gasteiger partial charge in [-0.3, -0.25) is 9.59 Å². The Bertz CT molecular complexity index is 267. The van der Waals surface area contributed by atoms with Gasteiger partial charge in [0.2, 0.25) is 12.3 Å². The molecule has 15 heavy (non-hydrogen) atoms. The van der Waals surface area contributed by atoms with Crippen molar-refractivity contribution in [3.05, 3.63) is 0 Å². The third kappa shape index (κ3) is 2.68. The SMILES string of the molecule is COC(=O)C1CCCN1C(=O)CNC=O. The fourth-order valence-electron chi connectivity index (χ4n) is 1.68. The monoisotopic (exact) mass is 214 g/mol. The van der Waals surface area contributed by atoms with Gasteiger partial charge in [0.15, 0.2) is 0 Å². The van der Waals surface area contributed by atoms with E-state index in [0.29, 0.717) is 19.4 Å². The van der Waals surface area contributed by atoms with Crippen LogP contribution in [0.25, 0.3) is 0 Å². The lowest BCUT2D eigenvalue weighted by Gasteiger charge is -2.22. The standard InChI is InChI=1S/C9H14N2O4/c1-15-9(14)7-3-2-4-11(7)8(13)5-10-6-12/h6-7H,2-5H2,1H3,(H,10,12). The molecule has 1 aliphatic rings. The highest BCUT2D eigenvalue weighted by Crippen LogP contribution is 2.17. The first kappa shape index (κ1) is 11.5. The van der Waals surface area contributed by atoms with Gasteiger partial charge >= 0.3 is 5.97 Å². The Morgan fingerprint density at radius 2 is 2.33 bits per heavy atom. The van der Waals surface area contributed by atoms with Gasteiger partial charge in [-0.2, -0.15) is 0 Å². The molecule has 1 fully saturated rings. The molecule has 1 N–H and O–H groups in total. The number of carbonyl (C=O) groups is 3. The van der Waals surface area contributed by atoms with E-state index in [4.69, 9.17) is 0 Å². The number of ether oxygens (including phenoxy) is 1. The van der Waals surface area contributed by atoms with Crippen molar-refractivity contribution in [1.29, 1.82) is 0 Å². The van der Waals surface area contributed by atoms with Crippen molar-refractivity contribution in [2.45, 2.75) is 18.9 Å². The highest BCUT2D eigenvalue weighted by atomic mass is 16.5. The number of nitrogens with one attached hydrogen (secondary N) is 1. The van der Waals surface area contributed by atoms with Crippen LogP contribution in [0.4, 0.5) is 0 Å². The van der Waals surface area contributed by atoms with Gasteiger partial charge in [0.25, 0.3) is 0 Å². The fraction of sp³-hybridized carbons (Fsp3) is 0.667. The van der Waals surface area contributed by atoms with Gasteiger partial charge in [0.1, 0.15) is 6.04 Å². The molecule has 0 aliphatic carbocycles. The van der Waals surface area contributed by atoms with Gasteiger partial charge < -0.3 is 15.0 Å². The largest absolute Gasteiger partial charge is 0.467 e. The van der Waals surface area contributed by atoms with E-state index in [9.17, 15) is 14.4 Å². The highest BCUT2D eigenvalue weighted by Gasteiger charge is 2.34. The molecule has 6 nitrogen and oxygen atoms in total. The number of carbonyl (C=O) groups excluding carboxylic acids is 3. The lowest BCUT2D eigenvalue weighted by Crippen LogP contribution is -2.44. The van der Waals surface area contributed by atoms with Gasteiger partial charge in [-0.05, 0) is 12.8 Å². The maximum atomic E-state index is 11.5. The molecule has 1 aliphatic heterocycles. The minimum atomic E-state index is -0.490. The molecule has 6 heteroatoms. The van der Waals surface area contributed by atoms with E-state index in [-0.39, 0.29) is 12.5 Å². The third-order valence-electron chi connectivity index (χ3n) is 2.38. The Kier molecular flexibility index (Phi) is 4.08. The molecular weight excluding hydrogens is 200 g/mol. The molecule has 0 bridgehead atoms. The minimum absolute atomic E-state index is 0.0724. The number of likely N-dealkylation sites (tertiary alicyclic amines) is 1. The van der Waals surface area contributed by atoms with Crippen molar-refractivity contribution in [3.63, 3.8) is 0 Å². The van der Waals surface area contributed by atoms with Crippen molar-refractivity contribution >= 4 is 18.3 Å². The maximum absolute atomic E-state index is 11.5. The van der Waals surface area contributed by atoms with E-state index in [1.54, 1.807) is 0 Å². The number of esters is 1. The van der Waals surface area contributed by atoms with Crippen LogP contribution in [0.1, 0.15) is 12.8 Å². The zero-order valence-electron chi connectivity index (χ0n) is 8.56. The average molecular weight is 214 g/mol. The van der Waals surface area contributed by atoms with Crippen LogP contribution in [0, 0.1) is 0 Å². The van der Waals surface area contributed by atoms with Crippen LogP contribution in [-0.2, 0) is 19.1 Å². The van der Waals surface area contributed by atoms with Crippen LogP contribution >= 0.6 is 0 Å². The molecule has 2 amide bonds. The summed E-state index contributed by atoms with van der Waals surface area (Å²) in [6, 6.07) is -0.490. The molecule has 0 saturated carbocycles. The predicted octanol–water partition coefficient (Wildman–Crippen LogP) is -1.10. The molecule has 1 unspecified atom stereocenters. The first-order valence-corrected chi connectivity index (χ1v) is 4.75. The summed E-state index contributed by atoms with van der Waals surface area (Å²) < 4.78 is 4.60. The first-order valence-electron chi connectivity index (χ1n) is 4.75. The van der Waals surface area contributed by atoms with Crippen molar-refractivity contribution in [2.24, 2.45) is 0 Å². The number of methoxy groups -OCH3 is 1. The van der Waals surface area contributed by atoms with Crippen LogP contribution in [0.5, 0.6) is 0 Å². The third-order valence-corrected chi connectivity index (χ3v) is 2.38. The molecule has 0 aromatic heterocycles. The molecule has 1 rings (SSSR count). The highest BCUT2D eigenvalue weighted by molar-refractivity contribution is 5.86. The molecule has 0 aromatic rings. The number of amides is 2. The Morgan fingerprint density at radius 3 is 2.93 bits per heavy atom. The van der Waals surface area contributed by atoms with E-state index in [1.165, 1.54) is 12.0 Å². The topological polar surface area (TPSA) is 75.7 Å². The lowest BCUT2D eigenvalue weighted by atomic mass is 10.2. The summed E-state index contributed by atoms with van der Waals surface area (Å²) in [6.07, 6.45) is 1.87. The van der Waals surface area contributed by atoms with Crippen LogP contribution in [-0.4, -0.2) is 49.4 Å². The van der Waals surface area contributed by atoms with Crippen molar-refractivity contribution < 1.29 is 19.1 Å². The second-order valence-electron chi connectivity index (χ2n) is 3.27. The van der Waals surface area contributed by atoms with Gasteiger partial charge in [0.05, 0.1) is 13.7 Å². The quantitative estimate of drug-likeness (QED) is 0.476. The fourth-order valence-corrected chi connectivity index (χ4v) is 1.68. The number of hydrogen-bond donors (Lipinski definition) is 1. The van der Waals surface area contributed by atoms with E-state index < -0.39 is 12.0 Å². The van der Waals surface area contributed by atoms with E-state index in [0.717, 1.165) is 6.42 Å². The maximum Gasteiger partial charge on any atom is 0.328 e. The molecular formula is C9H14N2O4. The minimum Gasteiger partial charge on any atom is -0.467 e. The Morgan fingerprint density at radius 1 is 1.60 bits per heavy atom. The lowest BCUT2D eigenvalue weighted by molar-refractivity contribution is -0.150. The first-order chi connectivity index (χ1) is 7.20. The van der Waals surface area contributed by atoms with Crippen LogP contribution in [0.3, 0.4) is 0 Å². The second-order valence-corrected chi connectivity index (χ2v) is 3.27. The smallest absolute Gasteiger partial charge is 0.328 e. The summed E-state index contributed by atoms with van der Waals surface area (Å²) in [5.41, 5.74) is 0. The van der Waals surface area contributed by atoms with Crippen LogP contribution in [0.2, 0.25) is 0 Å². The number of rotatable bonds is 4. The Hall–Kier alpha value is -1.59. The van der Waals surface area contributed by atoms with Crippen LogP contribution < -0.4 is 5.32 Å². The normalized spacial score (nSPS) is 19.8. The van der Waals surface area contributed by atoms with E-state index in [2.05, 4.69) is 10.1 Å². The predicted molar refractivity (Wildman–Crippen MR) is 50.8 cm³/mol. The molecule has 0 spiro atoms. The number of nitrogens with zero attached hydrogens (tertiary/aromatic N) is 1.